The van der Waals surface area contributed by atoms with Gasteiger partial charge in [-0.05, 0) is 61.8 Å². The number of aliphatic hydroxyl groups excluding tert-OH is 1. The molecule has 3 atom stereocenters. The number of aliphatic hydroxyl groups is 1. The second kappa shape index (κ2) is 6.59. The highest BCUT2D eigenvalue weighted by Crippen LogP contribution is 2.36. The molecular formula is C17H24BrNO. The number of nitrogens with zero attached hydrogens (tertiary/aromatic N) is 1. The smallest absolute Gasteiger partial charge is 0.0802 e. The second-order valence-electron chi connectivity index (χ2n) is 6.49. The lowest BCUT2D eigenvalue weighted by atomic mass is 10.0. The number of hydrogen-bond acceptors (Lipinski definition) is 2. The van der Waals surface area contributed by atoms with Crippen LogP contribution in [0.15, 0.2) is 28.7 Å². The third kappa shape index (κ3) is 3.63. The van der Waals surface area contributed by atoms with Gasteiger partial charge in [0, 0.05) is 17.6 Å². The van der Waals surface area contributed by atoms with E-state index in [4.69, 9.17) is 0 Å². The van der Waals surface area contributed by atoms with Crippen LogP contribution in [0.1, 0.15) is 43.8 Å². The molecule has 110 valence electrons. The Balaban J connectivity index is 1.50. The van der Waals surface area contributed by atoms with Gasteiger partial charge in [0.25, 0.3) is 0 Å². The maximum atomic E-state index is 10.3. The van der Waals surface area contributed by atoms with E-state index in [1.54, 1.807) is 0 Å². The predicted molar refractivity (Wildman–Crippen MR) is 85.6 cm³/mol. The maximum absolute atomic E-state index is 10.3. The van der Waals surface area contributed by atoms with Gasteiger partial charge in [-0.25, -0.2) is 0 Å². The summed E-state index contributed by atoms with van der Waals surface area (Å²) in [6.07, 6.45) is 6.22. The average Bonchev–Trinajstić information content (AvgIpc) is 2.78. The molecule has 3 heteroatoms. The van der Waals surface area contributed by atoms with Gasteiger partial charge in [0.2, 0.25) is 0 Å². The van der Waals surface area contributed by atoms with Crippen LogP contribution < -0.4 is 0 Å². The fourth-order valence-electron chi connectivity index (χ4n) is 3.79. The van der Waals surface area contributed by atoms with Crippen LogP contribution in [0.2, 0.25) is 0 Å². The minimum absolute atomic E-state index is 0.330. The molecule has 1 saturated carbocycles. The van der Waals surface area contributed by atoms with Gasteiger partial charge in [0.05, 0.1) is 6.10 Å². The first-order chi connectivity index (χ1) is 9.70. The lowest BCUT2D eigenvalue weighted by Crippen LogP contribution is -2.30. The van der Waals surface area contributed by atoms with Gasteiger partial charge in [0.1, 0.15) is 0 Å². The molecule has 1 N–H and O–H groups in total. The molecule has 1 heterocycles. The standard InChI is InChI=1S/C17H24BrNO/c18-16-5-3-15(4-6-16)17(20)8-10-19-9-7-13-1-2-14(11-13)12-19/h3-6,13-14,17,20H,1-2,7-12H2. The monoisotopic (exact) mass is 337 g/mol. The summed E-state index contributed by atoms with van der Waals surface area (Å²) in [5, 5.41) is 10.3. The van der Waals surface area contributed by atoms with Crippen molar-refractivity contribution in [3.63, 3.8) is 0 Å². The van der Waals surface area contributed by atoms with Gasteiger partial charge >= 0.3 is 0 Å². The maximum Gasteiger partial charge on any atom is 0.0802 e. The molecule has 2 bridgehead atoms. The highest BCUT2D eigenvalue weighted by molar-refractivity contribution is 9.10. The highest BCUT2D eigenvalue weighted by atomic mass is 79.9. The summed E-state index contributed by atoms with van der Waals surface area (Å²) in [6, 6.07) is 8.03. The van der Waals surface area contributed by atoms with Crippen molar-refractivity contribution in [3.05, 3.63) is 34.3 Å². The summed E-state index contributed by atoms with van der Waals surface area (Å²) in [4.78, 5) is 2.58. The number of halogens is 1. The molecule has 0 radical (unpaired) electrons. The Hall–Kier alpha value is -0.380. The predicted octanol–water partition coefficient (Wildman–Crippen LogP) is 3.99. The third-order valence-corrected chi connectivity index (χ3v) is 5.52. The number of rotatable bonds is 4. The molecule has 1 aromatic carbocycles. The number of hydrogen-bond donors (Lipinski definition) is 1. The van der Waals surface area contributed by atoms with E-state index in [1.165, 1.54) is 38.8 Å². The summed E-state index contributed by atoms with van der Waals surface area (Å²) < 4.78 is 1.07. The minimum atomic E-state index is -0.330. The fraction of sp³-hybridized carbons (Fsp3) is 0.647. The quantitative estimate of drug-likeness (QED) is 0.897. The van der Waals surface area contributed by atoms with E-state index in [0.717, 1.165) is 34.8 Å². The summed E-state index contributed by atoms with van der Waals surface area (Å²) >= 11 is 3.43. The van der Waals surface area contributed by atoms with Crippen LogP contribution in [-0.2, 0) is 0 Å². The zero-order valence-electron chi connectivity index (χ0n) is 12.0. The molecule has 1 aliphatic carbocycles. The Kier molecular flexibility index (Phi) is 4.79. The highest BCUT2D eigenvalue weighted by Gasteiger charge is 2.29. The van der Waals surface area contributed by atoms with Crippen LogP contribution in [0.25, 0.3) is 0 Å². The summed E-state index contributed by atoms with van der Waals surface area (Å²) in [6.45, 7) is 3.51. The van der Waals surface area contributed by atoms with Crippen LogP contribution in [-0.4, -0.2) is 29.6 Å². The molecule has 0 amide bonds. The van der Waals surface area contributed by atoms with Gasteiger partial charge in [0.15, 0.2) is 0 Å². The first-order valence-electron chi connectivity index (χ1n) is 7.86. The molecule has 2 nitrogen and oxygen atoms in total. The van der Waals surface area contributed by atoms with E-state index in [-0.39, 0.29) is 6.10 Å². The second-order valence-corrected chi connectivity index (χ2v) is 7.41. The molecule has 20 heavy (non-hydrogen) atoms. The van der Waals surface area contributed by atoms with E-state index >= 15 is 0 Å². The summed E-state index contributed by atoms with van der Waals surface area (Å²) in [5.74, 6) is 1.91. The van der Waals surface area contributed by atoms with Crippen LogP contribution in [0.3, 0.4) is 0 Å². The molecule has 1 aromatic rings. The summed E-state index contributed by atoms with van der Waals surface area (Å²) in [7, 11) is 0. The molecule has 1 saturated heterocycles. The first kappa shape index (κ1) is 14.6. The van der Waals surface area contributed by atoms with Crippen molar-refractivity contribution in [2.45, 2.75) is 38.2 Å². The number of benzene rings is 1. The van der Waals surface area contributed by atoms with E-state index in [1.807, 2.05) is 24.3 Å². The molecule has 2 aliphatic rings. The number of likely N-dealkylation sites (tertiary alicyclic amines) is 1. The Morgan fingerprint density at radius 1 is 1.15 bits per heavy atom. The molecule has 2 fully saturated rings. The Morgan fingerprint density at radius 2 is 1.90 bits per heavy atom. The zero-order valence-corrected chi connectivity index (χ0v) is 13.6. The van der Waals surface area contributed by atoms with Gasteiger partial charge in [-0.3, -0.25) is 0 Å². The van der Waals surface area contributed by atoms with E-state index in [2.05, 4.69) is 20.8 Å². The fourth-order valence-corrected chi connectivity index (χ4v) is 4.05. The molecule has 0 spiro atoms. The third-order valence-electron chi connectivity index (χ3n) is 4.99. The van der Waals surface area contributed by atoms with Crippen LogP contribution in [0.5, 0.6) is 0 Å². The SMILES string of the molecule is OC(CCN1CCC2CCC(C2)C1)c1ccc(Br)cc1. The van der Waals surface area contributed by atoms with E-state index in [9.17, 15) is 5.11 Å². The average molecular weight is 338 g/mol. The van der Waals surface area contributed by atoms with Gasteiger partial charge in [-0.1, -0.05) is 34.5 Å². The molecule has 3 rings (SSSR count). The lowest BCUT2D eigenvalue weighted by Gasteiger charge is -2.25. The van der Waals surface area contributed by atoms with Crippen LogP contribution in [0, 0.1) is 11.8 Å². The van der Waals surface area contributed by atoms with Crippen LogP contribution in [0.4, 0.5) is 0 Å². The molecular weight excluding hydrogens is 314 g/mol. The zero-order chi connectivity index (χ0) is 13.9. The largest absolute Gasteiger partial charge is 0.388 e. The van der Waals surface area contributed by atoms with Gasteiger partial charge < -0.3 is 10.0 Å². The van der Waals surface area contributed by atoms with Crippen molar-refractivity contribution < 1.29 is 5.11 Å². The molecule has 3 unspecified atom stereocenters. The Bertz CT molecular complexity index is 433. The minimum Gasteiger partial charge on any atom is -0.388 e. The van der Waals surface area contributed by atoms with Crippen LogP contribution >= 0.6 is 15.9 Å². The summed E-state index contributed by atoms with van der Waals surface area (Å²) in [5.41, 5.74) is 1.03. The van der Waals surface area contributed by atoms with Crippen molar-refractivity contribution in [1.82, 2.24) is 4.90 Å². The Labute approximate surface area is 130 Å². The lowest BCUT2D eigenvalue weighted by molar-refractivity contribution is 0.136. The van der Waals surface area contributed by atoms with Gasteiger partial charge in [-0.2, -0.15) is 0 Å². The van der Waals surface area contributed by atoms with Crippen molar-refractivity contribution in [2.75, 3.05) is 19.6 Å². The van der Waals surface area contributed by atoms with E-state index < -0.39 is 0 Å². The normalized spacial score (nSPS) is 28.3. The van der Waals surface area contributed by atoms with Crippen molar-refractivity contribution in [3.8, 4) is 0 Å². The molecule has 1 aliphatic heterocycles. The topological polar surface area (TPSA) is 23.5 Å². The molecule has 0 aromatic heterocycles. The first-order valence-corrected chi connectivity index (χ1v) is 8.66. The van der Waals surface area contributed by atoms with Gasteiger partial charge in [-0.15, -0.1) is 0 Å². The van der Waals surface area contributed by atoms with Crippen molar-refractivity contribution in [1.29, 1.82) is 0 Å². The van der Waals surface area contributed by atoms with Crippen molar-refractivity contribution in [2.24, 2.45) is 11.8 Å². The Morgan fingerprint density at radius 3 is 2.70 bits per heavy atom. The van der Waals surface area contributed by atoms with Crippen molar-refractivity contribution >= 4 is 15.9 Å². The van der Waals surface area contributed by atoms with E-state index in [0.29, 0.717) is 0 Å². The number of fused-ring (bicyclic) bond motifs is 2.